The molecule has 9 heteroatoms. The number of tetrazole rings is 1. The molecule has 0 aliphatic carbocycles. The third kappa shape index (κ3) is 6.57. The molecule has 0 atom stereocenters. The monoisotopic (exact) mass is 355 g/mol. The van der Waals surface area contributed by atoms with Crippen LogP contribution in [0.5, 0.6) is 0 Å². The summed E-state index contributed by atoms with van der Waals surface area (Å²) in [7, 11) is 1.77. The van der Waals surface area contributed by atoms with Gasteiger partial charge in [-0.3, -0.25) is 4.79 Å². The van der Waals surface area contributed by atoms with Crippen LogP contribution in [0.25, 0.3) is 0 Å². The van der Waals surface area contributed by atoms with Gasteiger partial charge in [-0.2, -0.15) is 0 Å². The van der Waals surface area contributed by atoms with E-state index in [9.17, 15) is 9.18 Å². The van der Waals surface area contributed by atoms with E-state index in [4.69, 9.17) is 0 Å². The molecule has 0 bridgehead atoms. The predicted octanol–water partition coefficient (Wildman–Crippen LogP) is 2.13. The van der Waals surface area contributed by atoms with Crippen LogP contribution in [0.3, 0.4) is 0 Å². The minimum absolute atomic E-state index is 0.0272. The smallest absolute Gasteiger partial charge is 0.220 e. The molecule has 0 unspecified atom stereocenters. The van der Waals surface area contributed by atoms with Gasteiger partial charge in [-0.25, -0.2) is 9.07 Å². The van der Waals surface area contributed by atoms with Gasteiger partial charge in [0.15, 0.2) is 0 Å². The van der Waals surface area contributed by atoms with E-state index in [-0.39, 0.29) is 11.7 Å². The minimum Gasteiger partial charge on any atom is -0.356 e. The summed E-state index contributed by atoms with van der Waals surface area (Å²) in [6.45, 7) is 0.642. The molecule has 0 saturated heterocycles. The second kappa shape index (κ2) is 9.51. The number of amides is 1. The van der Waals surface area contributed by atoms with E-state index in [2.05, 4.69) is 20.8 Å². The fourth-order valence-corrected chi connectivity index (χ4v) is 3.33. The molecule has 1 heterocycles. The number of nitrogens with one attached hydrogen (secondary N) is 1. The molecule has 1 aromatic carbocycles. The van der Waals surface area contributed by atoms with Gasteiger partial charge in [-0.05, 0) is 46.9 Å². The van der Waals surface area contributed by atoms with Crippen LogP contribution in [0.15, 0.2) is 34.3 Å². The summed E-state index contributed by atoms with van der Waals surface area (Å²) in [6, 6.07) is 6.43. The van der Waals surface area contributed by atoms with E-state index in [1.54, 1.807) is 35.6 Å². The van der Waals surface area contributed by atoms with E-state index in [1.807, 2.05) is 0 Å². The zero-order valence-electron chi connectivity index (χ0n) is 12.7. The SMILES string of the molecule is Cn1nnnc1SCCC(=O)NCCCSc1ccc(F)cc1. The molecule has 124 valence electrons. The van der Waals surface area contributed by atoms with Crippen LogP contribution in [-0.4, -0.2) is 44.2 Å². The first-order valence-corrected chi connectivity index (χ1v) is 9.12. The Kier molecular flexibility index (Phi) is 7.34. The van der Waals surface area contributed by atoms with Gasteiger partial charge in [0, 0.05) is 30.7 Å². The average Bonchev–Trinajstić information content (AvgIpc) is 2.94. The number of carbonyl (C=O) groups is 1. The average molecular weight is 355 g/mol. The third-order valence-corrected chi connectivity index (χ3v) is 4.98. The first-order valence-electron chi connectivity index (χ1n) is 7.15. The molecule has 1 aromatic heterocycles. The number of thioether (sulfide) groups is 2. The van der Waals surface area contributed by atoms with Crippen molar-refractivity contribution in [2.24, 2.45) is 7.05 Å². The van der Waals surface area contributed by atoms with Crippen molar-refractivity contribution >= 4 is 29.4 Å². The summed E-state index contributed by atoms with van der Waals surface area (Å²) in [4.78, 5) is 12.7. The molecule has 6 nitrogen and oxygen atoms in total. The molecule has 0 aliphatic rings. The minimum atomic E-state index is -0.225. The fourth-order valence-electron chi connectivity index (χ4n) is 1.69. The normalized spacial score (nSPS) is 10.7. The molecule has 2 aromatic rings. The van der Waals surface area contributed by atoms with Crippen molar-refractivity contribution in [2.75, 3.05) is 18.1 Å². The highest BCUT2D eigenvalue weighted by Crippen LogP contribution is 2.18. The molecule has 1 N–H and O–H groups in total. The second-order valence-corrected chi connectivity index (χ2v) is 6.92. The Morgan fingerprint density at radius 2 is 2.04 bits per heavy atom. The predicted molar refractivity (Wildman–Crippen MR) is 88.9 cm³/mol. The zero-order valence-corrected chi connectivity index (χ0v) is 14.4. The van der Waals surface area contributed by atoms with Gasteiger partial charge >= 0.3 is 0 Å². The molecule has 1 amide bonds. The zero-order chi connectivity index (χ0) is 16.5. The Bertz CT molecular complexity index is 620. The van der Waals surface area contributed by atoms with Crippen molar-refractivity contribution in [2.45, 2.75) is 22.9 Å². The molecule has 0 radical (unpaired) electrons. The van der Waals surface area contributed by atoms with Gasteiger partial charge in [0.1, 0.15) is 5.82 Å². The number of carbonyl (C=O) groups excluding carboxylic acids is 1. The van der Waals surface area contributed by atoms with E-state index < -0.39 is 0 Å². The Labute approximate surface area is 142 Å². The topological polar surface area (TPSA) is 72.7 Å². The van der Waals surface area contributed by atoms with Crippen molar-refractivity contribution in [3.05, 3.63) is 30.1 Å². The van der Waals surface area contributed by atoms with E-state index in [0.717, 1.165) is 17.1 Å². The van der Waals surface area contributed by atoms with E-state index in [0.29, 0.717) is 23.9 Å². The van der Waals surface area contributed by atoms with Gasteiger partial charge in [0.05, 0.1) is 0 Å². The Morgan fingerprint density at radius 1 is 1.26 bits per heavy atom. The van der Waals surface area contributed by atoms with E-state index in [1.165, 1.54) is 23.9 Å². The number of benzene rings is 1. The lowest BCUT2D eigenvalue weighted by Gasteiger charge is -2.05. The summed E-state index contributed by atoms with van der Waals surface area (Å²) in [6.07, 6.45) is 1.30. The number of aryl methyl sites for hydroxylation is 1. The Morgan fingerprint density at radius 3 is 2.74 bits per heavy atom. The lowest BCUT2D eigenvalue weighted by molar-refractivity contribution is -0.120. The Balaban J connectivity index is 1.51. The van der Waals surface area contributed by atoms with Crippen LogP contribution in [0.2, 0.25) is 0 Å². The molecular formula is C14H18FN5OS2. The number of hydrogen-bond acceptors (Lipinski definition) is 6. The van der Waals surface area contributed by atoms with Gasteiger partial charge < -0.3 is 5.32 Å². The first kappa shape index (κ1) is 17.7. The number of nitrogens with zero attached hydrogens (tertiary/aromatic N) is 4. The van der Waals surface area contributed by atoms with Crippen LogP contribution < -0.4 is 5.32 Å². The second-order valence-electron chi connectivity index (χ2n) is 4.69. The first-order chi connectivity index (χ1) is 11.1. The molecule has 0 saturated carbocycles. The maximum absolute atomic E-state index is 12.8. The summed E-state index contributed by atoms with van der Waals surface area (Å²) < 4.78 is 14.3. The van der Waals surface area contributed by atoms with E-state index >= 15 is 0 Å². The molecule has 23 heavy (non-hydrogen) atoms. The maximum atomic E-state index is 12.8. The number of halogens is 1. The number of hydrogen-bond donors (Lipinski definition) is 1. The summed E-state index contributed by atoms with van der Waals surface area (Å²) in [5.41, 5.74) is 0. The van der Waals surface area contributed by atoms with Crippen LogP contribution in [0, 0.1) is 5.82 Å². The number of aromatic nitrogens is 4. The lowest BCUT2D eigenvalue weighted by atomic mass is 10.4. The van der Waals surface area contributed by atoms with Crippen LogP contribution >= 0.6 is 23.5 Å². The highest BCUT2D eigenvalue weighted by molar-refractivity contribution is 7.99. The lowest BCUT2D eigenvalue weighted by Crippen LogP contribution is -2.25. The highest BCUT2D eigenvalue weighted by atomic mass is 32.2. The van der Waals surface area contributed by atoms with Crippen molar-refractivity contribution < 1.29 is 9.18 Å². The highest BCUT2D eigenvalue weighted by Gasteiger charge is 2.05. The van der Waals surface area contributed by atoms with Crippen molar-refractivity contribution in [1.82, 2.24) is 25.5 Å². The molecule has 0 spiro atoms. The van der Waals surface area contributed by atoms with Gasteiger partial charge in [0.2, 0.25) is 11.1 Å². The standard InChI is InChI=1S/C14H18FN5OS2/c1-20-14(17-18-19-20)23-10-7-13(21)16-8-2-9-22-12-5-3-11(15)4-6-12/h3-6H,2,7-10H2,1H3,(H,16,21). The molecule has 0 fully saturated rings. The van der Waals surface area contributed by atoms with Gasteiger partial charge in [-0.1, -0.05) is 11.8 Å². The van der Waals surface area contributed by atoms with Crippen LogP contribution in [0.4, 0.5) is 4.39 Å². The largest absolute Gasteiger partial charge is 0.356 e. The maximum Gasteiger partial charge on any atom is 0.220 e. The van der Waals surface area contributed by atoms with Gasteiger partial charge in [-0.15, -0.1) is 16.9 Å². The molecule has 2 rings (SSSR count). The summed E-state index contributed by atoms with van der Waals surface area (Å²) >= 11 is 3.11. The molecular weight excluding hydrogens is 337 g/mol. The number of rotatable bonds is 9. The van der Waals surface area contributed by atoms with Gasteiger partial charge in [0.25, 0.3) is 0 Å². The van der Waals surface area contributed by atoms with Crippen molar-refractivity contribution in [3.63, 3.8) is 0 Å². The van der Waals surface area contributed by atoms with Crippen molar-refractivity contribution in [3.8, 4) is 0 Å². The summed E-state index contributed by atoms with van der Waals surface area (Å²) in [5.74, 6) is 1.33. The quantitative estimate of drug-likeness (QED) is 0.549. The van der Waals surface area contributed by atoms with Crippen LogP contribution in [0.1, 0.15) is 12.8 Å². The fraction of sp³-hybridized carbons (Fsp3) is 0.429. The van der Waals surface area contributed by atoms with Crippen molar-refractivity contribution in [1.29, 1.82) is 0 Å². The molecule has 0 aliphatic heterocycles. The third-order valence-electron chi connectivity index (χ3n) is 2.87. The van der Waals surface area contributed by atoms with Crippen LogP contribution in [-0.2, 0) is 11.8 Å². The summed E-state index contributed by atoms with van der Waals surface area (Å²) in [5, 5.41) is 14.7. The Hall–Kier alpha value is -1.61.